The average molecular weight is 310 g/mol. The van der Waals surface area contributed by atoms with Gasteiger partial charge in [-0.05, 0) is 13.8 Å². The van der Waals surface area contributed by atoms with Crippen LogP contribution in [-0.4, -0.2) is 31.2 Å². The van der Waals surface area contributed by atoms with Crippen LogP contribution in [-0.2, 0) is 6.42 Å². The van der Waals surface area contributed by atoms with Crippen LogP contribution in [0.3, 0.4) is 0 Å². The molecule has 0 aliphatic heterocycles. The second-order valence-electron chi connectivity index (χ2n) is 4.26. The summed E-state index contributed by atoms with van der Waals surface area (Å²) in [5.74, 6) is 1.02. The lowest BCUT2D eigenvalue weighted by Gasteiger charge is -2.10. The van der Waals surface area contributed by atoms with Gasteiger partial charge >= 0.3 is 0 Å². The van der Waals surface area contributed by atoms with Crippen LogP contribution in [0.2, 0.25) is 5.15 Å². The maximum Gasteiger partial charge on any atom is 0.256 e. The van der Waals surface area contributed by atoms with Gasteiger partial charge in [0.1, 0.15) is 11.5 Å². The van der Waals surface area contributed by atoms with E-state index in [1.165, 1.54) is 11.2 Å². The van der Waals surface area contributed by atoms with Crippen molar-refractivity contribution in [3.8, 4) is 5.88 Å². The normalized spacial score (nSPS) is 11.2. The highest BCUT2D eigenvalue weighted by Gasteiger charge is 2.13. The van der Waals surface area contributed by atoms with Gasteiger partial charge in [-0.2, -0.15) is 19.6 Å². The molecule has 0 amide bonds. The summed E-state index contributed by atoms with van der Waals surface area (Å²) in [7, 11) is 0. The lowest BCUT2D eigenvalue weighted by molar-refractivity contribution is 0.299. The minimum atomic E-state index is 0.384. The Bertz CT molecular complexity index is 753. The summed E-state index contributed by atoms with van der Waals surface area (Å²) in [4.78, 5) is 13.6. The summed E-state index contributed by atoms with van der Waals surface area (Å²) in [6, 6.07) is 0. The predicted molar refractivity (Wildman–Crippen MR) is 76.6 cm³/mol. The second-order valence-corrected chi connectivity index (χ2v) is 5.56. The minimum Gasteiger partial charge on any atom is -0.477 e. The molecular weight excluding hydrogens is 298 g/mol. The maximum absolute atomic E-state index is 6.07. The average Bonchev–Trinajstić information content (AvgIpc) is 3.03. The van der Waals surface area contributed by atoms with Crippen LogP contribution < -0.4 is 4.74 Å². The molecule has 3 rings (SSSR count). The molecule has 0 saturated heterocycles. The van der Waals surface area contributed by atoms with E-state index < -0.39 is 0 Å². The summed E-state index contributed by atoms with van der Waals surface area (Å²) >= 11 is 7.71. The van der Waals surface area contributed by atoms with Crippen molar-refractivity contribution in [2.45, 2.75) is 20.3 Å². The minimum absolute atomic E-state index is 0.384. The maximum atomic E-state index is 6.07. The van der Waals surface area contributed by atoms with E-state index >= 15 is 0 Å². The summed E-state index contributed by atoms with van der Waals surface area (Å²) in [6.07, 6.45) is 2.23. The zero-order valence-corrected chi connectivity index (χ0v) is 12.6. The molecule has 3 aromatic rings. The molecule has 0 bridgehead atoms. The van der Waals surface area contributed by atoms with Gasteiger partial charge in [-0.25, -0.2) is 4.98 Å². The Labute approximate surface area is 124 Å². The fraction of sp³-hybridized carbons (Fsp3) is 0.333. The third kappa shape index (κ3) is 2.34. The van der Waals surface area contributed by atoms with E-state index in [-0.39, 0.29) is 0 Å². The molecule has 3 heterocycles. The zero-order chi connectivity index (χ0) is 14.1. The van der Waals surface area contributed by atoms with E-state index in [4.69, 9.17) is 16.3 Å². The van der Waals surface area contributed by atoms with Gasteiger partial charge in [0, 0.05) is 16.9 Å². The molecule has 0 radical (unpaired) electrons. The molecule has 0 atom stereocenters. The van der Waals surface area contributed by atoms with Gasteiger partial charge in [0.15, 0.2) is 0 Å². The molecule has 0 saturated carbocycles. The number of hydrogen-bond acceptors (Lipinski definition) is 6. The molecular formula is C12H12ClN5OS. The smallest absolute Gasteiger partial charge is 0.256 e. The fourth-order valence-corrected chi connectivity index (χ4v) is 2.77. The standard InChI is InChI=1S/C12H12ClN5OS/c1-7-10(13)17-12-14-5-16-18(12)11(7)19-4-3-9-8(2)15-6-20-9/h5-6H,3-4H2,1-2H3. The van der Waals surface area contributed by atoms with Gasteiger partial charge in [-0.3, -0.25) is 0 Å². The highest BCUT2D eigenvalue weighted by atomic mass is 35.5. The number of nitrogens with zero attached hydrogens (tertiary/aromatic N) is 5. The number of ether oxygens (including phenoxy) is 1. The molecule has 0 spiro atoms. The van der Waals surface area contributed by atoms with Crippen molar-refractivity contribution in [3.63, 3.8) is 0 Å². The molecule has 0 aliphatic rings. The third-order valence-corrected chi connectivity index (χ3v) is 4.33. The lowest BCUT2D eigenvalue weighted by Crippen LogP contribution is -2.08. The molecule has 20 heavy (non-hydrogen) atoms. The Kier molecular flexibility index (Phi) is 3.54. The van der Waals surface area contributed by atoms with Gasteiger partial charge in [0.25, 0.3) is 5.78 Å². The SMILES string of the molecule is Cc1ncsc1CCOc1c(C)c(Cl)nc2ncnn12. The monoisotopic (exact) mass is 309 g/mol. The molecule has 0 aromatic carbocycles. The Morgan fingerprint density at radius 2 is 2.20 bits per heavy atom. The quantitative estimate of drug-likeness (QED) is 0.693. The molecule has 6 nitrogen and oxygen atoms in total. The number of halogens is 1. The van der Waals surface area contributed by atoms with Crippen molar-refractivity contribution < 1.29 is 4.74 Å². The second kappa shape index (κ2) is 5.34. The number of hydrogen-bond donors (Lipinski definition) is 0. The first-order valence-corrected chi connectivity index (χ1v) is 7.30. The molecule has 8 heteroatoms. The van der Waals surface area contributed by atoms with Crippen LogP contribution >= 0.6 is 22.9 Å². The van der Waals surface area contributed by atoms with E-state index in [2.05, 4.69) is 20.1 Å². The molecule has 0 N–H and O–H groups in total. The Morgan fingerprint density at radius 3 is 2.95 bits per heavy atom. The van der Waals surface area contributed by atoms with E-state index in [0.29, 0.717) is 23.4 Å². The van der Waals surface area contributed by atoms with Crippen LogP contribution in [0.25, 0.3) is 5.78 Å². The van der Waals surface area contributed by atoms with Crippen LogP contribution in [0, 0.1) is 13.8 Å². The van der Waals surface area contributed by atoms with Gasteiger partial charge in [0.2, 0.25) is 5.88 Å². The first kappa shape index (κ1) is 13.3. The third-order valence-electron chi connectivity index (χ3n) is 2.96. The largest absolute Gasteiger partial charge is 0.477 e. The van der Waals surface area contributed by atoms with Crippen molar-refractivity contribution in [2.75, 3.05) is 6.61 Å². The van der Waals surface area contributed by atoms with Crippen molar-refractivity contribution in [3.05, 3.63) is 33.1 Å². The number of aromatic nitrogens is 5. The van der Waals surface area contributed by atoms with Gasteiger partial charge < -0.3 is 4.74 Å². The Balaban J connectivity index is 1.82. The first-order valence-electron chi connectivity index (χ1n) is 6.04. The molecule has 3 aromatic heterocycles. The number of rotatable bonds is 4. The molecule has 0 fully saturated rings. The van der Waals surface area contributed by atoms with Crippen molar-refractivity contribution in [1.29, 1.82) is 0 Å². The van der Waals surface area contributed by atoms with Gasteiger partial charge in [-0.1, -0.05) is 11.6 Å². The summed E-state index contributed by atoms with van der Waals surface area (Å²) in [5.41, 5.74) is 3.65. The van der Waals surface area contributed by atoms with E-state index in [9.17, 15) is 0 Å². The lowest BCUT2D eigenvalue weighted by atomic mass is 10.3. The van der Waals surface area contributed by atoms with Crippen LogP contribution in [0.5, 0.6) is 5.88 Å². The van der Waals surface area contributed by atoms with Crippen molar-refractivity contribution in [1.82, 2.24) is 24.6 Å². The van der Waals surface area contributed by atoms with Gasteiger partial charge in [-0.15, -0.1) is 11.3 Å². The number of aryl methyl sites for hydroxylation is 1. The molecule has 0 unspecified atom stereocenters. The van der Waals surface area contributed by atoms with Crippen LogP contribution in [0.4, 0.5) is 0 Å². The summed E-state index contributed by atoms with van der Waals surface area (Å²) < 4.78 is 7.39. The Hall–Kier alpha value is -1.73. The highest BCUT2D eigenvalue weighted by molar-refractivity contribution is 7.09. The Morgan fingerprint density at radius 1 is 1.35 bits per heavy atom. The van der Waals surface area contributed by atoms with Crippen molar-refractivity contribution in [2.24, 2.45) is 0 Å². The first-order chi connectivity index (χ1) is 9.66. The number of fused-ring (bicyclic) bond motifs is 1. The molecule has 0 aliphatic carbocycles. The molecule has 104 valence electrons. The zero-order valence-electron chi connectivity index (χ0n) is 11.0. The van der Waals surface area contributed by atoms with E-state index in [1.807, 2.05) is 19.4 Å². The van der Waals surface area contributed by atoms with Crippen LogP contribution in [0.15, 0.2) is 11.8 Å². The highest BCUT2D eigenvalue weighted by Crippen LogP contribution is 2.24. The fourth-order valence-electron chi connectivity index (χ4n) is 1.85. The topological polar surface area (TPSA) is 65.2 Å². The van der Waals surface area contributed by atoms with E-state index in [0.717, 1.165) is 17.7 Å². The summed E-state index contributed by atoms with van der Waals surface area (Å²) in [6.45, 7) is 4.37. The summed E-state index contributed by atoms with van der Waals surface area (Å²) in [5, 5.41) is 4.49. The van der Waals surface area contributed by atoms with E-state index in [1.54, 1.807) is 15.9 Å². The van der Waals surface area contributed by atoms with Crippen LogP contribution in [0.1, 0.15) is 16.1 Å². The predicted octanol–water partition coefficient (Wildman–Crippen LogP) is 2.47. The number of thiazole rings is 1. The van der Waals surface area contributed by atoms with Gasteiger partial charge in [0.05, 0.1) is 17.8 Å². The van der Waals surface area contributed by atoms with Crippen molar-refractivity contribution >= 4 is 28.7 Å².